The number of carbonyl (C=O) groups is 3. The molecule has 1 N–H and O–H groups in total. The van der Waals surface area contributed by atoms with E-state index in [0.717, 1.165) is 0 Å². The van der Waals surface area contributed by atoms with Crippen molar-refractivity contribution in [3.05, 3.63) is 29.8 Å². The third-order valence-electron chi connectivity index (χ3n) is 4.68. The summed E-state index contributed by atoms with van der Waals surface area (Å²) in [5.74, 6) is -0.944. The summed E-state index contributed by atoms with van der Waals surface area (Å²) in [6, 6.07) is 6.54. The van der Waals surface area contributed by atoms with Gasteiger partial charge < -0.3 is 14.7 Å². The molecule has 2 rings (SSSR count). The molecule has 0 unspecified atom stereocenters. The Bertz CT molecular complexity index is 625. The van der Waals surface area contributed by atoms with Crippen molar-refractivity contribution in [2.75, 3.05) is 13.2 Å². The van der Waals surface area contributed by atoms with Gasteiger partial charge in [-0.15, -0.1) is 0 Å². The maximum atomic E-state index is 12.4. The van der Waals surface area contributed by atoms with Crippen molar-refractivity contribution in [1.82, 2.24) is 4.90 Å². The highest BCUT2D eigenvalue weighted by Crippen LogP contribution is 2.25. The summed E-state index contributed by atoms with van der Waals surface area (Å²) in [5, 5.41) is 9.23. The number of hydrogen-bond donors (Lipinski definition) is 1. The number of carbonyl (C=O) groups excluding carboxylic acids is 2. The van der Waals surface area contributed by atoms with Crippen LogP contribution in [-0.4, -0.2) is 46.9 Å². The summed E-state index contributed by atoms with van der Waals surface area (Å²) in [5.41, 5.74) is 0.548. The first-order valence-electron chi connectivity index (χ1n) is 8.72. The number of piperidine rings is 1. The standard InChI is InChI=1S/C19H25NO5/c1-3-25-15-8-6-14(7-9-15)17(21)10-11-18(22)20-12-4-5-16(13(20)2)19(23)24/h6-9,13,16H,3-5,10-12H2,1-2H3,(H,23,24)/t13-,16-/m0/s1. The van der Waals surface area contributed by atoms with Crippen molar-refractivity contribution in [3.8, 4) is 5.75 Å². The Kier molecular flexibility index (Phi) is 6.56. The average molecular weight is 347 g/mol. The van der Waals surface area contributed by atoms with E-state index in [1.54, 1.807) is 36.1 Å². The zero-order valence-electron chi connectivity index (χ0n) is 14.7. The quantitative estimate of drug-likeness (QED) is 0.767. The van der Waals surface area contributed by atoms with Crippen LogP contribution in [0.25, 0.3) is 0 Å². The van der Waals surface area contributed by atoms with Crippen LogP contribution in [0.1, 0.15) is 49.9 Å². The molecule has 25 heavy (non-hydrogen) atoms. The van der Waals surface area contributed by atoms with Gasteiger partial charge in [-0.3, -0.25) is 14.4 Å². The van der Waals surface area contributed by atoms with Crippen molar-refractivity contribution < 1.29 is 24.2 Å². The molecule has 1 aromatic rings. The lowest BCUT2D eigenvalue weighted by Gasteiger charge is -2.37. The Morgan fingerprint density at radius 2 is 1.88 bits per heavy atom. The van der Waals surface area contributed by atoms with Crippen molar-refractivity contribution >= 4 is 17.7 Å². The zero-order chi connectivity index (χ0) is 18.4. The summed E-state index contributed by atoms with van der Waals surface area (Å²) in [7, 11) is 0. The highest BCUT2D eigenvalue weighted by molar-refractivity contribution is 5.98. The van der Waals surface area contributed by atoms with Crippen molar-refractivity contribution in [2.45, 2.75) is 45.6 Å². The van der Waals surface area contributed by atoms with Crippen molar-refractivity contribution in [1.29, 1.82) is 0 Å². The predicted molar refractivity (Wildman–Crippen MR) is 92.7 cm³/mol. The Labute approximate surface area is 147 Å². The van der Waals surface area contributed by atoms with E-state index in [1.165, 1.54) is 0 Å². The van der Waals surface area contributed by atoms with Crippen LogP contribution in [-0.2, 0) is 9.59 Å². The monoisotopic (exact) mass is 347 g/mol. The molecule has 1 aliphatic heterocycles. The van der Waals surface area contributed by atoms with Crippen LogP contribution < -0.4 is 4.74 Å². The molecule has 0 saturated carbocycles. The SMILES string of the molecule is CCOc1ccc(C(=O)CCC(=O)N2CCC[C@H](C(=O)O)[C@@H]2C)cc1. The fourth-order valence-electron chi connectivity index (χ4n) is 3.24. The predicted octanol–water partition coefficient (Wildman–Crippen LogP) is 2.76. The third-order valence-corrected chi connectivity index (χ3v) is 4.68. The molecule has 2 atom stereocenters. The first-order valence-corrected chi connectivity index (χ1v) is 8.72. The molecule has 0 radical (unpaired) electrons. The van der Waals surface area contributed by atoms with Gasteiger partial charge in [0.15, 0.2) is 5.78 Å². The first-order chi connectivity index (χ1) is 11.9. The second kappa shape index (κ2) is 8.65. The van der Waals surface area contributed by atoms with Crippen LogP contribution >= 0.6 is 0 Å². The number of carboxylic acids is 1. The number of benzene rings is 1. The number of nitrogens with zero attached hydrogens (tertiary/aromatic N) is 1. The van der Waals surface area contributed by atoms with E-state index >= 15 is 0 Å². The normalized spacial score (nSPS) is 20.2. The molecule has 6 nitrogen and oxygen atoms in total. The van der Waals surface area contributed by atoms with Crippen LogP contribution in [0, 0.1) is 5.92 Å². The molecule has 136 valence electrons. The van der Waals surface area contributed by atoms with Gasteiger partial charge in [-0.2, -0.15) is 0 Å². The molecule has 6 heteroatoms. The van der Waals surface area contributed by atoms with Crippen molar-refractivity contribution in [2.24, 2.45) is 5.92 Å². The van der Waals surface area contributed by atoms with Gasteiger partial charge in [-0.05, 0) is 51.0 Å². The summed E-state index contributed by atoms with van der Waals surface area (Å²) in [6.07, 6.45) is 1.49. The Morgan fingerprint density at radius 1 is 1.20 bits per heavy atom. The number of aliphatic carboxylic acids is 1. The molecule has 0 spiro atoms. The number of rotatable bonds is 7. The van der Waals surface area contributed by atoms with Gasteiger partial charge in [0, 0.05) is 31.0 Å². The summed E-state index contributed by atoms with van der Waals surface area (Å²) in [6.45, 7) is 4.78. The fourth-order valence-corrected chi connectivity index (χ4v) is 3.24. The second-order valence-electron chi connectivity index (χ2n) is 6.30. The molecule has 0 aliphatic carbocycles. The molecule has 1 amide bonds. The van der Waals surface area contributed by atoms with Crippen LogP contribution in [0.2, 0.25) is 0 Å². The lowest BCUT2D eigenvalue weighted by atomic mass is 9.90. The van der Waals surface area contributed by atoms with Gasteiger partial charge in [0.25, 0.3) is 0 Å². The first kappa shape index (κ1) is 19.0. The average Bonchev–Trinajstić information content (AvgIpc) is 2.60. The van der Waals surface area contributed by atoms with E-state index in [-0.39, 0.29) is 30.6 Å². The lowest BCUT2D eigenvalue weighted by molar-refractivity contribution is -0.149. The molecule has 1 aromatic carbocycles. The number of ether oxygens (including phenoxy) is 1. The van der Waals surface area contributed by atoms with E-state index in [9.17, 15) is 19.5 Å². The summed E-state index contributed by atoms with van der Waals surface area (Å²) in [4.78, 5) is 37.5. The highest BCUT2D eigenvalue weighted by atomic mass is 16.5. The number of likely N-dealkylation sites (tertiary alicyclic amines) is 1. The maximum absolute atomic E-state index is 12.4. The number of carboxylic acid groups (broad SMARTS) is 1. The molecule has 0 aromatic heterocycles. The highest BCUT2D eigenvalue weighted by Gasteiger charge is 2.35. The summed E-state index contributed by atoms with van der Waals surface area (Å²) < 4.78 is 5.34. The van der Waals surface area contributed by atoms with Crippen LogP contribution in [0.5, 0.6) is 5.75 Å². The molecular weight excluding hydrogens is 322 g/mol. The largest absolute Gasteiger partial charge is 0.494 e. The molecule has 1 saturated heterocycles. The minimum absolute atomic E-state index is 0.0999. The van der Waals surface area contributed by atoms with Gasteiger partial charge in [0.1, 0.15) is 5.75 Å². The van der Waals surface area contributed by atoms with E-state index in [0.29, 0.717) is 37.3 Å². The molecule has 1 aliphatic rings. The topological polar surface area (TPSA) is 83.9 Å². The minimum atomic E-state index is -0.865. The third kappa shape index (κ3) is 4.81. The van der Waals surface area contributed by atoms with E-state index < -0.39 is 11.9 Å². The lowest BCUT2D eigenvalue weighted by Crippen LogP contribution is -2.49. The van der Waals surface area contributed by atoms with Gasteiger partial charge in [0.05, 0.1) is 12.5 Å². The molecule has 1 fully saturated rings. The van der Waals surface area contributed by atoms with Crippen LogP contribution in [0.3, 0.4) is 0 Å². The Balaban J connectivity index is 1.90. The van der Waals surface area contributed by atoms with Gasteiger partial charge in [0.2, 0.25) is 5.91 Å². The maximum Gasteiger partial charge on any atom is 0.308 e. The van der Waals surface area contributed by atoms with Crippen molar-refractivity contribution in [3.63, 3.8) is 0 Å². The van der Waals surface area contributed by atoms with E-state index in [4.69, 9.17) is 4.74 Å². The van der Waals surface area contributed by atoms with Gasteiger partial charge in [-0.1, -0.05) is 0 Å². The number of Topliss-reactive ketones (excluding diaryl/α,β-unsaturated/α-hetero) is 1. The van der Waals surface area contributed by atoms with E-state index in [1.807, 2.05) is 6.92 Å². The van der Waals surface area contributed by atoms with E-state index in [2.05, 4.69) is 0 Å². The number of amides is 1. The molecule has 1 heterocycles. The smallest absolute Gasteiger partial charge is 0.308 e. The summed E-state index contributed by atoms with van der Waals surface area (Å²) >= 11 is 0. The van der Waals surface area contributed by atoms with Gasteiger partial charge in [-0.25, -0.2) is 0 Å². The number of ketones is 1. The zero-order valence-corrected chi connectivity index (χ0v) is 14.7. The van der Waals surface area contributed by atoms with Crippen LogP contribution in [0.15, 0.2) is 24.3 Å². The Hall–Kier alpha value is -2.37. The number of hydrogen-bond acceptors (Lipinski definition) is 4. The Morgan fingerprint density at radius 3 is 2.48 bits per heavy atom. The van der Waals surface area contributed by atoms with Gasteiger partial charge >= 0.3 is 5.97 Å². The fraction of sp³-hybridized carbons (Fsp3) is 0.526. The van der Waals surface area contributed by atoms with Crippen LogP contribution in [0.4, 0.5) is 0 Å². The second-order valence-corrected chi connectivity index (χ2v) is 6.30. The molecular formula is C19H25NO5. The minimum Gasteiger partial charge on any atom is -0.494 e. The molecule has 0 bridgehead atoms.